The summed E-state index contributed by atoms with van der Waals surface area (Å²) in [5.41, 5.74) is 1.84. The first-order valence-electron chi connectivity index (χ1n) is 11.0. The van der Waals surface area contributed by atoms with E-state index in [9.17, 15) is 27.9 Å². The number of carbonyl (C=O) groups excluding carboxylic acids is 1. The molecule has 7 nitrogen and oxygen atoms in total. The fraction of sp³-hybridized carbons (Fsp3) is 0.154. The molecule has 4 aromatic rings. The number of hydrogen-bond acceptors (Lipinski definition) is 4. The summed E-state index contributed by atoms with van der Waals surface area (Å²) in [6.07, 6.45) is -3.69. The Hall–Kier alpha value is -4.47. The van der Waals surface area contributed by atoms with E-state index in [0.717, 1.165) is 17.2 Å². The van der Waals surface area contributed by atoms with Crippen molar-refractivity contribution < 1.29 is 27.9 Å². The standard InChI is InChI=1S/C26H19F3N4O3/c27-26(28,29)19-10-11-23(30-14-19)33-21(16-6-2-1-3-7-16)13-20(31-33)24(34)32-15-18-9-5-4-8-17(18)12-22(32)25(35)36/h1-11,13-14,22H,12,15H2,(H,35,36)/t22-/m0/s1. The molecule has 0 fully saturated rings. The van der Waals surface area contributed by atoms with Crippen molar-refractivity contribution in [1.29, 1.82) is 0 Å². The van der Waals surface area contributed by atoms with E-state index >= 15 is 0 Å². The Morgan fingerprint density at radius 1 is 0.944 bits per heavy atom. The number of pyridine rings is 1. The topological polar surface area (TPSA) is 88.3 Å². The van der Waals surface area contributed by atoms with Crippen molar-refractivity contribution in [3.05, 3.63) is 101 Å². The normalized spacial score (nSPS) is 15.4. The molecule has 5 rings (SSSR count). The molecule has 1 amide bonds. The Bertz CT molecular complexity index is 1430. The van der Waals surface area contributed by atoms with E-state index in [4.69, 9.17) is 0 Å². The molecular weight excluding hydrogens is 473 g/mol. The molecule has 1 aliphatic heterocycles. The third-order valence-electron chi connectivity index (χ3n) is 6.08. The summed E-state index contributed by atoms with van der Waals surface area (Å²) < 4.78 is 40.4. The zero-order valence-electron chi connectivity index (χ0n) is 18.7. The summed E-state index contributed by atoms with van der Waals surface area (Å²) in [6, 6.07) is 18.7. The predicted molar refractivity (Wildman–Crippen MR) is 123 cm³/mol. The van der Waals surface area contributed by atoms with E-state index < -0.39 is 29.7 Å². The van der Waals surface area contributed by atoms with Crippen LogP contribution < -0.4 is 0 Å². The Morgan fingerprint density at radius 2 is 1.64 bits per heavy atom. The number of halogens is 3. The van der Waals surface area contributed by atoms with Crippen LogP contribution in [0.1, 0.15) is 27.2 Å². The first-order valence-corrected chi connectivity index (χ1v) is 11.0. The minimum Gasteiger partial charge on any atom is -0.480 e. The fourth-order valence-corrected chi connectivity index (χ4v) is 4.26. The van der Waals surface area contributed by atoms with Crippen molar-refractivity contribution in [1.82, 2.24) is 19.7 Å². The second-order valence-corrected chi connectivity index (χ2v) is 8.36. The lowest BCUT2D eigenvalue weighted by molar-refractivity contribution is -0.143. The summed E-state index contributed by atoms with van der Waals surface area (Å²) in [7, 11) is 0. The van der Waals surface area contributed by atoms with Crippen molar-refractivity contribution in [2.24, 2.45) is 0 Å². The number of carboxylic acid groups (broad SMARTS) is 1. The molecule has 0 saturated heterocycles. The highest BCUT2D eigenvalue weighted by Gasteiger charge is 2.36. The van der Waals surface area contributed by atoms with Gasteiger partial charge in [0.1, 0.15) is 6.04 Å². The van der Waals surface area contributed by atoms with E-state index in [-0.39, 0.29) is 24.5 Å². The lowest BCUT2D eigenvalue weighted by Gasteiger charge is -2.34. The molecule has 3 heterocycles. The molecule has 182 valence electrons. The Labute approximate surface area is 203 Å². The number of alkyl halides is 3. The second kappa shape index (κ2) is 8.95. The quantitative estimate of drug-likeness (QED) is 0.450. The van der Waals surface area contributed by atoms with Crippen molar-refractivity contribution in [3.63, 3.8) is 0 Å². The van der Waals surface area contributed by atoms with Crippen LogP contribution in [0.5, 0.6) is 0 Å². The lowest BCUT2D eigenvalue weighted by Crippen LogP contribution is -2.48. The number of carbonyl (C=O) groups is 2. The maximum Gasteiger partial charge on any atom is 0.417 e. The van der Waals surface area contributed by atoms with Crippen LogP contribution in [0.3, 0.4) is 0 Å². The smallest absolute Gasteiger partial charge is 0.417 e. The van der Waals surface area contributed by atoms with Gasteiger partial charge in [0.25, 0.3) is 5.91 Å². The van der Waals surface area contributed by atoms with E-state index in [1.165, 1.54) is 21.7 Å². The van der Waals surface area contributed by atoms with Gasteiger partial charge in [-0.1, -0.05) is 54.6 Å². The van der Waals surface area contributed by atoms with Gasteiger partial charge in [-0.05, 0) is 29.3 Å². The average Bonchev–Trinajstić information content (AvgIpc) is 3.33. The van der Waals surface area contributed by atoms with Crippen LogP contribution in [-0.4, -0.2) is 42.7 Å². The molecule has 36 heavy (non-hydrogen) atoms. The van der Waals surface area contributed by atoms with Crippen LogP contribution in [-0.2, 0) is 23.9 Å². The number of benzene rings is 2. The van der Waals surface area contributed by atoms with Gasteiger partial charge >= 0.3 is 12.1 Å². The number of aliphatic carboxylic acids is 1. The largest absolute Gasteiger partial charge is 0.480 e. The van der Waals surface area contributed by atoms with Crippen molar-refractivity contribution in [2.45, 2.75) is 25.2 Å². The fourth-order valence-electron chi connectivity index (χ4n) is 4.26. The maximum atomic E-state index is 13.6. The Kier molecular flexibility index (Phi) is 5.79. The third-order valence-corrected chi connectivity index (χ3v) is 6.08. The summed E-state index contributed by atoms with van der Waals surface area (Å²) >= 11 is 0. The minimum absolute atomic E-state index is 0.0406. The number of nitrogens with zero attached hydrogens (tertiary/aromatic N) is 4. The highest BCUT2D eigenvalue weighted by molar-refractivity contribution is 5.96. The number of amides is 1. The SMILES string of the molecule is O=C(O)[C@@H]1Cc2ccccc2CN1C(=O)c1cc(-c2ccccc2)n(-c2ccc(C(F)(F)F)cn2)n1. The average molecular weight is 492 g/mol. The molecule has 0 aliphatic carbocycles. The summed E-state index contributed by atoms with van der Waals surface area (Å²) in [5, 5.41) is 14.2. The first kappa shape index (κ1) is 23.3. The third kappa shape index (κ3) is 4.33. The van der Waals surface area contributed by atoms with E-state index in [0.29, 0.717) is 17.5 Å². The van der Waals surface area contributed by atoms with Crippen LogP contribution in [0.25, 0.3) is 17.1 Å². The van der Waals surface area contributed by atoms with Gasteiger partial charge in [-0.15, -0.1) is 0 Å². The van der Waals surface area contributed by atoms with Crippen molar-refractivity contribution >= 4 is 11.9 Å². The van der Waals surface area contributed by atoms with Crippen LogP contribution >= 0.6 is 0 Å². The van der Waals surface area contributed by atoms with Gasteiger partial charge in [-0.2, -0.15) is 18.3 Å². The van der Waals surface area contributed by atoms with Crippen LogP contribution in [0, 0.1) is 0 Å². The number of aromatic nitrogens is 3. The molecule has 2 aromatic heterocycles. The van der Waals surface area contributed by atoms with Gasteiger partial charge in [0.15, 0.2) is 11.5 Å². The highest BCUT2D eigenvalue weighted by atomic mass is 19.4. The van der Waals surface area contributed by atoms with Crippen molar-refractivity contribution in [3.8, 4) is 17.1 Å². The molecule has 0 bridgehead atoms. The van der Waals surface area contributed by atoms with Gasteiger partial charge in [0, 0.05) is 24.7 Å². The second-order valence-electron chi connectivity index (χ2n) is 8.36. The van der Waals surface area contributed by atoms with Crippen LogP contribution in [0.2, 0.25) is 0 Å². The van der Waals surface area contributed by atoms with E-state index in [2.05, 4.69) is 10.1 Å². The Balaban J connectivity index is 1.57. The van der Waals surface area contributed by atoms with Gasteiger partial charge in [0.2, 0.25) is 0 Å². The number of hydrogen-bond donors (Lipinski definition) is 1. The van der Waals surface area contributed by atoms with E-state index in [1.807, 2.05) is 24.3 Å². The van der Waals surface area contributed by atoms with Gasteiger partial charge < -0.3 is 10.0 Å². The zero-order chi connectivity index (χ0) is 25.4. The van der Waals surface area contributed by atoms with Gasteiger partial charge in [0.05, 0.1) is 11.3 Å². The minimum atomic E-state index is -4.55. The zero-order valence-corrected chi connectivity index (χ0v) is 18.7. The molecular formula is C26H19F3N4O3. The van der Waals surface area contributed by atoms with Crippen LogP contribution in [0.15, 0.2) is 79.0 Å². The van der Waals surface area contributed by atoms with Crippen LogP contribution in [0.4, 0.5) is 13.2 Å². The lowest BCUT2D eigenvalue weighted by atomic mass is 9.93. The molecule has 1 atom stereocenters. The first-order chi connectivity index (χ1) is 17.2. The van der Waals surface area contributed by atoms with E-state index in [1.54, 1.807) is 30.3 Å². The Morgan fingerprint density at radius 3 is 2.28 bits per heavy atom. The molecule has 10 heteroatoms. The molecule has 0 radical (unpaired) electrons. The predicted octanol–water partition coefficient (Wildman–Crippen LogP) is 4.60. The molecule has 0 unspecified atom stereocenters. The molecule has 2 aromatic carbocycles. The number of fused-ring (bicyclic) bond motifs is 1. The van der Waals surface area contributed by atoms with Gasteiger partial charge in [-0.25, -0.2) is 14.5 Å². The molecule has 0 saturated carbocycles. The molecule has 1 aliphatic rings. The van der Waals surface area contributed by atoms with Gasteiger partial charge in [-0.3, -0.25) is 4.79 Å². The maximum absolute atomic E-state index is 13.6. The summed E-state index contributed by atoms with van der Waals surface area (Å²) in [5.74, 6) is -1.65. The van der Waals surface area contributed by atoms with Crippen molar-refractivity contribution in [2.75, 3.05) is 0 Å². The number of carboxylic acids is 1. The number of rotatable bonds is 4. The summed E-state index contributed by atoms with van der Waals surface area (Å²) in [4.78, 5) is 30.8. The molecule has 0 spiro atoms. The summed E-state index contributed by atoms with van der Waals surface area (Å²) in [6.45, 7) is 0.0953. The molecule has 1 N–H and O–H groups in total. The highest BCUT2D eigenvalue weighted by Crippen LogP contribution is 2.31. The monoisotopic (exact) mass is 492 g/mol.